The summed E-state index contributed by atoms with van der Waals surface area (Å²) >= 11 is 1.47. The summed E-state index contributed by atoms with van der Waals surface area (Å²) in [4.78, 5) is 4.22. The van der Waals surface area contributed by atoms with Gasteiger partial charge in [-0.3, -0.25) is 9.36 Å². The Labute approximate surface area is 260 Å². The van der Waals surface area contributed by atoms with Gasteiger partial charge in [0.2, 0.25) is 0 Å². The third kappa shape index (κ3) is 7.36. The van der Waals surface area contributed by atoms with Crippen molar-refractivity contribution < 1.29 is 17.9 Å². The van der Waals surface area contributed by atoms with E-state index < -0.39 is 0 Å². The molecular weight excluding hydrogens is 718 g/mol. The molecule has 7 heteroatoms. The van der Waals surface area contributed by atoms with E-state index in [2.05, 4.69) is 51.0 Å². The molecule has 0 aliphatic heterocycles. The Bertz CT molecular complexity index is 1660. The van der Waals surface area contributed by atoms with Crippen LogP contribution in [-0.2, 0) is 17.9 Å². The summed E-state index contributed by atoms with van der Waals surface area (Å²) in [5.41, 5.74) is 7.81. The largest absolute Gasteiger partial charge is 0.305 e. The van der Waals surface area contributed by atoms with Gasteiger partial charge in [0, 0.05) is 29.7 Å². The molecule has 0 aliphatic carbocycles. The first-order valence-electron chi connectivity index (χ1n) is 13.1. The number of hydrogen-bond donors (Lipinski definition) is 0. The molecule has 4 aromatic carbocycles. The molecule has 0 aliphatic rings. The number of hydrogen-bond acceptors (Lipinski definition) is 3. The predicted molar refractivity (Wildman–Crippen MR) is 165 cm³/mol. The number of rotatable bonds is 5. The van der Waals surface area contributed by atoms with Crippen molar-refractivity contribution in [3.63, 3.8) is 0 Å². The SMILES string of the molecule is [Cl][Ir+2].[c-]1c(-n2ccc(-c3ccccc3)n2)cccc1-n1ccc(-c2ccccc2)n1.[c-]1ccccc1-c1ccccn1. The summed E-state index contributed by atoms with van der Waals surface area (Å²) in [6.45, 7) is 0. The van der Waals surface area contributed by atoms with E-state index in [1.807, 2.05) is 131 Å². The maximum absolute atomic E-state index is 4.69. The van der Waals surface area contributed by atoms with Gasteiger partial charge in [-0.15, -0.1) is 54.1 Å². The first kappa shape index (κ1) is 28.9. The summed E-state index contributed by atoms with van der Waals surface area (Å²) in [5.74, 6) is 0. The fourth-order valence-corrected chi connectivity index (χ4v) is 4.23. The van der Waals surface area contributed by atoms with Crippen molar-refractivity contribution in [2.45, 2.75) is 0 Å². The van der Waals surface area contributed by atoms with Crippen molar-refractivity contribution in [3.8, 4) is 45.1 Å². The van der Waals surface area contributed by atoms with Gasteiger partial charge in [0.15, 0.2) is 0 Å². The zero-order chi connectivity index (χ0) is 29.0. The smallest absolute Gasteiger partial charge is 0.0926 e. The second-order valence-electron chi connectivity index (χ2n) is 8.94. The second-order valence-corrected chi connectivity index (χ2v) is 8.94. The van der Waals surface area contributed by atoms with E-state index in [0.717, 1.165) is 45.1 Å². The van der Waals surface area contributed by atoms with Crippen LogP contribution in [0.3, 0.4) is 0 Å². The van der Waals surface area contributed by atoms with Gasteiger partial charge in [0.05, 0.1) is 11.4 Å². The molecule has 5 nitrogen and oxygen atoms in total. The van der Waals surface area contributed by atoms with Gasteiger partial charge >= 0.3 is 27.5 Å². The van der Waals surface area contributed by atoms with Gasteiger partial charge < -0.3 is 4.98 Å². The molecule has 3 heterocycles. The third-order valence-electron chi connectivity index (χ3n) is 6.23. The molecule has 0 amide bonds. The van der Waals surface area contributed by atoms with Gasteiger partial charge in [0.25, 0.3) is 0 Å². The Kier molecular flexibility index (Phi) is 10.2. The topological polar surface area (TPSA) is 48.5 Å². The van der Waals surface area contributed by atoms with Crippen LogP contribution in [0.2, 0.25) is 0 Å². The van der Waals surface area contributed by atoms with E-state index in [1.165, 1.54) is 17.9 Å². The maximum atomic E-state index is 4.69. The van der Waals surface area contributed by atoms with Gasteiger partial charge in [0.1, 0.15) is 0 Å². The molecule has 0 unspecified atom stereocenters. The van der Waals surface area contributed by atoms with E-state index in [1.54, 1.807) is 6.20 Å². The van der Waals surface area contributed by atoms with E-state index in [-0.39, 0.29) is 0 Å². The molecule has 7 aromatic rings. The van der Waals surface area contributed by atoms with Crippen molar-refractivity contribution in [2.75, 3.05) is 0 Å². The van der Waals surface area contributed by atoms with Crippen LogP contribution in [0, 0.1) is 12.1 Å². The summed E-state index contributed by atoms with van der Waals surface area (Å²) in [7, 11) is 4.64. The van der Waals surface area contributed by atoms with Crippen LogP contribution in [0.4, 0.5) is 0 Å². The van der Waals surface area contributed by atoms with Gasteiger partial charge in [-0.2, -0.15) is 16.3 Å². The molecule has 0 atom stereocenters. The second kappa shape index (κ2) is 14.9. The van der Waals surface area contributed by atoms with Crippen LogP contribution in [0.1, 0.15) is 0 Å². The number of benzene rings is 4. The molecule has 7 rings (SSSR count). The monoisotopic (exact) mass is 743 g/mol. The minimum Gasteiger partial charge on any atom is -0.305 e. The first-order chi connectivity index (χ1) is 20.8. The fraction of sp³-hybridized carbons (Fsp3) is 0. The first-order valence-corrected chi connectivity index (χ1v) is 16.1. The van der Waals surface area contributed by atoms with Crippen molar-refractivity contribution in [3.05, 3.63) is 164 Å². The quantitative estimate of drug-likeness (QED) is 0.167. The summed E-state index contributed by atoms with van der Waals surface area (Å²) in [5, 5.41) is 9.39. The van der Waals surface area contributed by atoms with Crippen LogP contribution < -0.4 is 0 Å². The zero-order valence-electron chi connectivity index (χ0n) is 22.4. The van der Waals surface area contributed by atoms with Gasteiger partial charge in [-0.05, 0) is 35.3 Å². The average molecular weight is 743 g/mol. The standard InChI is InChI=1S/C24H17N4.C11H8N.ClH.Ir/c1-3-8-19(9-4-1)23-14-16-27(25-23)21-12-7-13-22(18-21)28-17-15-24(26-28)20-10-5-2-6-11-20;1-2-6-10(7-3-1)11-8-4-5-9-12-11;;/h1-17H;1-6,8-9H;1H;/q2*-1;;+3/p-1. The summed E-state index contributed by atoms with van der Waals surface area (Å²) < 4.78 is 3.68. The van der Waals surface area contributed by atoms with Crippen LogP contribution in [-0.4, -0.2) is 24.5 Å². The number of halogens is 1. The molecule has 3 aromatic heterocycles. The molecule has 0 bridgehead atoms. The zero-order valence-corrected chi connectivity index (χ0v) is 25.5. The molecule has 0 spiro atoms. The molecule has 0 saturated heterocycles. The number of nitrogens with zero attached hydrogens (tertiary/aromatic N) is 5. The fourth-order valence-electron chi connectivity index (χ4n) is 4.23. The predicted octanol–water partition coefficient (Wildman–Crippen LogP) is 8.43. The van der Waals surface area contributed by atoms with Crippen LogP contribution in [0.15, 0.2) is 152 Å². The average Bonchev–Trinajstić information content (AvgIpc) is 3.79. The summed E-state index contributed by atoms with van der Waals surface area (Å²) in [6.07, 6.45) is 5.70. The molecule has 42 heavy (non-hydrogen) atoms. The molecule has 0 radical (unpaired) electrons. The molecule has 0 saturated carbocycles. The minimum atomic E-state index is 0.872. The van der Waals surface area contributed by atoms with E-state index >= 15 is 0 Å². The van der Waals surface area contributed by atoms with Crippen LogP contribution >= 0.6 is 9.58 Å². The third-order valence-corrected chi connectivity index (χ3v) is 6.23. The number of aromatic nitrogens is 5. The Morgan fingerprint density at radius 3 is 1.57 bits per heavy atom. The Hall–Kier alpha value is -4.61. The van der Waals surface area contributed by atoms with E-state index in [0.29, 0.717) is 0 Å². The Morgan fingerprint density at radius 1 is 0.524 bits per heavy atom. The van der Waals surface area contributed by atoms with E-state index in [4.69, 9.17) is 10.2 Å². The van der Waals surface area contributed by atoms with Crippen molar-refractivity contribution in [2.24, 2.45) is 0 Å². The molecule has 0 N–H and O–H groups in total. The van der Waals surface area contributed by atoms with Crippen LogP contribution in [0.5, 0.6) is 0 Å². The molecule has 206 valence electrons. The molecule has 0 fully saturated rings. The number of pyridine rings is 1. The molecular formula is C35H25ClIrN5. The normalized spacial score (nSPS) is 10.1. The van der Waals surface area contributed by atoms with Crippen molar-refractivity contribution >= 4 is 9.58 Å². The van der Waals surface area contributed by atoms with Crippen LogP contribution in [0.25, 0.3) is 45.1 Å². The minimum absolute atomic E-state index is 0.872. The Morgan fingerprint density at radius 2 is 1.07 bits per heavy atom. The maximum Gasteiger partial charge on any atom is 0.0926 e. The van der Waals surface area contributed by atoms with Gasteiger partial charge in [-0.25, -0.2) is 0 Å². The van der Waals surface area contributed by atoms with Crippen molar-refractivity contribution in [1.82, 2.24) is 24.5 Å². The van der Waals surface area contributed by atoms with E-state index in [9.17, 15) is 0 Å². The Balaban J connectivity index is 0.000000210. The van der Waals surface area contributed by atoms with Gasteiger partial charge in [-0.1, -0.05) is 72.8 Å². The van der Waals surface area contributed by atoms with Crippen molar-refractivity contribution in [1.29, 1.82) is 0 Å². The summed E-state index contributed by atoms with van der Waals surface area (Å²) in [6, 6.07) is 50.5.